The summed E-state index contributed by atoms with van der Waals surface area (Å²) >= 11 is 1.02. The van der Waals surface area contributed by atoms with Gasteiger partial charge in [0.15, 0.2) is 0 Å². The molecule has 0 aliphatic rings. The maximum absolute atomic E-state index is 11.8. The third kappa shape index (κ3) is 4.97. The average Bonchev–Trinajstić information content (AvgIpc) is 2.24. The van der Waals surface area contributed by atoms with E-state index in [9.17, 15) is 18.0 Å². The van der Waals surface area contributed by atoms with Crippen LogP contribution in [0.25, 0.3) is 0 Å². The van der Waals surface area contributed by atoms with Crippen molar-refractivity contribution in [2.24, 2.45) is 0 Å². The summed E-state index contributed by atoms with van der Waals surface area (Å²) in [5.41, 5.74) is 0.735. The lowest BCUT2D eigenvalue weighted by molar-refractivity contribution is -0.168. The van der Waals surface area contributed by atoms with Gasteiger partial charge < -0.3 is 9.84 Å². The first-order valence-electron chi connectivity index (χ1n) is 4.91. The van der Waals surface area contributed by atoms with E-state index in [0.29, 0.717) is 10.5 Å². The van der Waals surface area contributed by atoms with Crippen molar-refractivity contribution in [3.63, 3.8) is 0 Å². The molecule has 0 atom stereocenters. The number of thioether (sulfide) groups is 1. The molecule has 0 saturated carbocycles. The first-order chi connectivity index (χ1) is 8.29. The molecule has 3 nitrogen and oxygen atoms in total. The van der Waals surface area contributed by atoms with E-state index in [0.717, 1.165) is 11.8 Å². The van der Waals surface area contributed by atoms with Gasteiger partial charge in [-0.05, 0) is 24.6 Å². The number of hydrogen-bond acceptors (Lipinski definition) is 3. The van der Waals surface area contributed by atoms with Crippen LogP contribution in [-0.4, -0.2) is 29.8 Å². The molecule has 100 valence electrons. The van der Waals surface area contributed by atoms with Gasteiger partial charge in [-0.1, -0.05) is 17.8 Å². The second-order valence-corrected chi connectivity index (χ2v) is 4.50. The number of halogens is 3. The molecule has 0 amide bonds. The summed E-state index contributed by atoms with van der Waals surface area (Å²) in [6.07, 6.45) is -4.35. The molecule has 0 aliphatic carbocycles. The Labute approximate surface area is 106 Å². The lowest BCUT2D eigenvalue weighted by Crippen LogP contribution is -2.16. The number of ether oxygens (including phenoxy) is 1. The van der Waals surface area contributed by atoms with Gasteiger partial charge >= 0.3 is 12.1 Å². The minimum atomic E-state index is -4.35. The lowest BCUT2D eigenvalue weighted by atomic mass is 10.1. The van der Waals surface area contributed by atoms with Gasteiger partial charge in [0.1, 0.15) is 6.61 Å². The fraction of sp³-hybridized carbons (Fsp3) is 0.364. The lowest BCUT2D eigenvalue weighted by Gasteiger charge is -2.08. The van der Waals surface area contributed by atoms with Crippen molar-refractivity contribution >= 4 is 17.7 Å². The van der Waals surface area contributed by atoms with Crippen molar-refractivity contribution in [1.29, 1.82) is 0 Å². The maximum Gasteiger partial charge on any atom is 0.411 e. The highest BCUT2D eigenvalue weighted by Crippen LogP contribution is 2.23. The summed E-state index contributed by atoms with van der Waals surface area (Å²) in [7, 11) is 0. The number of hydrogen-bond donors (Lipinski definition) is 1. The quantitative estimate of drug-likeness (QED) is 0.510. The molecule has 7 heteroatoms. The number of aryl methyl sites for hydroxylation is 1. The molecule has 0 radical (unpaired) electrons. The summed E-state index contributed by atoms with van der Waals surface area (Å²) < 4.78 is 39.8. The number of rotatable bonds is 5. The molecule has 0 aromatic heterocycles. The summed E-state index contributed by atoms with van der Waals surface area (Å²) in [6.45, 7) is 0.343. The van der Waals surface area contributed by atoms with E-state index in [-0.39, 0.29) is 11.5 Å². The average molecular weight is 280 g/mol. The fourth-order valence-corrected chi connectivity index (χ4v) is 1.86. The van der Waals surface area contributed by atoms with Crippen LogP contribution in [0.2, 0.25) is 0 Å². The Morgan fingerprint density at radius 1 is 1.44 bits per heavy atom. The standard InChI is InChI=1S/C11H11F3O3S/c1-7-2-3-8(4-9(7)10(15)16)18-6-17-5-11(12,13)14/h2-4H,5-6H2,1H3,(H,15,16). The molecule has 0 aliphatic heterocycles. The monoisotopic (exact) mass is 280 g/mol. The van der Waals surface area contributed by atoms with Gasteiger partial charge in [-0.3, -0.25) is 0 Å². The van der Waals surface area contributed by atoms with Gasteiger partial charge in [0.2, 0.25) is 0 Å². The normalized spacial score (nSPS) is 11.6. The van der Waals surface area contributed by atoms with Crippen LogP contribution in [0, 0.1) is 6.92 Å². The highest BCUT2D eigenvalue weighted by Gasteiger charge is 2.27. The van der Waals surface area contributed by atoms with Gasteiger partial charge in [0.25, 0.3) is 0 Å². The van der Waals surface area contributed by atoms with Crippen LogP contribution in [0.4, 0.5) is 13.2 Å². The highest BCUT2D eigenvalue weighted by molar-refractivity contribution is 7.99. The SMILES string of the molecule is Cc1ccc(SCOCC(F)(F)F)cc1C(=O)O. The Morgan fingerprint density at radius 3 is 2.67 bits per heavy atom. The molecule has 0 saturated heterocycles. The number of alkyl halides is 3. The van der Waals surface area contributed by atoms with Gasteiger partial charge in [-0.25, -0.2) is 4.79 Å². The first kappa shape index (κ1) is 14.8. The van der Waals surface area contributed by atoms with E-state index >= 15 is 0 Å². The molecule has 0 spiro atoms. The number of carbonyl (C=O) groups is 1. The molecule has 1 N–H and O–H groups in total. The number of carboxylic acid groups (broad SMARTS) is 1. The van der Waals surface area contributed by atoms with Crippen LogP contribution in [0.3, 0.4) is 0 Å². The minimum Gasteiger partial charge on any atom is -0.478 e. The highest BCUT2D eigenvalue weighted by atomic mass is 32.2. The molecule has 1 aromatic carbocycles. The van der Waals surface area contributed by atoms with Gasteiger partial charge in [-0.2, -0.15) is 13.2 Å². The predicted octanol–water partition coefficient (Wildman–Crippen LogP) is 3.32. The second kappa shape index (κ2) is 6.10. The van der Waals surface area contributed by atoms with Crippen molar-refractivity contribution in [2.45, 2.75) is 18.0 Å². The Bertz CT molecular complexity index is 432. The van der Waals surface area contributed by atoms with Crippen molar-refractivity contribution in [3.05, 3.63) is 29.3 Å². The van der Waals surface area contributed by atoms with Crippen LogP contribution in [0.5, 0.6) is 0 Å². The van der Waals surface area contributed by atoms with Crippen molar-refractivity contribution in [2.75, 3.05) is 12.5 Å². The smallest absolute Gasteiger partial charge is 0.411 e. The van der Waals surface area contributed by atoms with E-state index in [1.165, 1.54) is 6.07 Å². The minimum absolute atomic E-state index is 0.135. The molecule has 0 bridgehead atoms. The molecule has 0 fully saturated rings. The third-order valence-corrected chi connectivity index (χ3v) is 2.89. The zero-order valence-electron chi connectivity index (χ0n) is 9.45. The van der Waals surface area contributed by atoms with E-state index in [1.807, 2.05) is 0 Å². The molecule has 1 rings (SSSR count). The fourth-order valence-electron chi connectivity index (χ4n) is 1.19. The second-order valence-electron chi connectivity index (χ2n) is 3.51. The summed E-state index contributed by atoms with van der Waals surface area (Å²) in [5, 5.41) is 8.88. The molecule has 0 heterocycles. The Kier molecular flexibility index (Phi) is 5.03. The topological polar surface area (TPSA) is 46.5 Å². The Hall–Kier alpha value is -1.21. The molecular weight excluding hydrogens is 269 g/mol. The third-order valence-electron chi connectivity index (χ3n) is 2.01. The maximum atomic E-state index is 11.8. The van der Waals surface area contributed by atoms with Gasteiger partial charge in [-0.15, -0.1) is 0 Å². The van der Waals surface area contributed by atoms with Crippen LogP contribution < -0.4 is 0 Å². The van der Waals surface area contributed by atoms with E-state index < -0.39 is 18.8 Å². The predicted molar refractivity (Wildman–Crippen MR) is 60.9 cm³/mol. The van der Waals surface area contributed by atoms with Gasteiger partial charge in [0, 0.05) is 4.90 Å². The molecule has 1 aromatic rings. The number of benzene rings is 1. The summed E-state index contributed by atoms with van der Waals surface area (Å²) in [6, 6.07) is 4.66. The zero-order valence-corrected chi connectivity index (χ0v) is 10.3. The van der Waals surface area contributed by atoms with E-state index in [2.05, 4.69) is 4.74 Å². The molecule has 0 unspecified atom stereocenters. The van der Waals surface area contributed by atoms with Crippen molar-refractivity contribution < 1.29 is 27.8 Å². The van der Waals surface area contributed by atoms with Crippen molar-refractivity contribution in [3.8, 4) is 0 Å². The molecule has 18 heavy (non-hydrogen) atoms. The zero-order chi connectivity index (χ0) is 13.8. The number of carboxylic acids is 1. The van der Waals surface area contributed by atoms with Crippen molar-refractivity contribution in [1.82, 2.24) is 0 Å². The Balaban J connectivity index is 2.53. The summed E-state index contributed by atoms with van der Waals surface area (Å²) in [4.78, 5) is 11.4. The van der Waals surface area contributed by atoms with E-state index in [1.54, 1.807) is 19.1 Å². The summed E-state index contributed by atoms with van der Waals surface area (Å²) in [5.74, 6) is -1.24. The molecular formula is C11H11F3O3S. The van der Waals surface area contributed by atoms with E-state index in [4.69, 9.17) is 5.11 Å². The first-order valence-corrected chi connectivity index (χ1v) is 5.89. The number of aromatic carboxylic acids is 1. The van der Waals surface area contributed by atoms with Crippen LogP contribution >= 0.6 is 11.8 Å². The van der Waals surface area contributed by atoms with Crippen LogP contribution in [0.1, 0.15) is 15.9 Å². The van der Waals surface area contributed by atoms with Gasteiger partial charge in [0.05, 0.1) is 11.5 Å². The van der Waals surface area contributed by atoms with Crippen LogP contribution in [-0.2, 0) is 4.74 Å². The van der Waals surface area contributed by atoms with Crippen LogP contribution in [0.15, 0.2) is 23.1 Å². The Morgan fingerprint density at radius 2 is 2.11 bits per heavy atom. The largest absolute Gasteiger partial charge is 0.478 e.